The molecule has 0 radical (unpaired) electrons. The van der Waals surface area contributed by atoms with Gasteiger partial charge in [-0.15, -0.1) is 35.3 Å². The molecule has 0 atom stereocenters. The van der Waals surface area contributed by atoms with Crippen molar-refractivity contribution >= 4 is 75.1 Å². The highest BCUT2D eigenvalue weighted by Crippen LogP contribution is 2.50. The van der Waals surface area contributed by atoms with E-state index in [-0.39, 0.29) is 69.4 Å². The summed E-state index contributed by atoms with van der Waals surface area (Å²) < 4.78 is 83.0. The standard InChI is InChI=1S/C52H38F3NO11S3/c1-61-40-21-29(4-17-38(40)64-45(57)25-68-33-11-5-30(53)6-12-33)48-49-37-23-42(63-3)44(66-47(59)27-70-35-15-9-32(55)10-16-35)24-39(37)67-52(60)51(49)56-19-18-28-20-43(41(62-2)22-36(28)50(48)56)65-46(58)26-69-34-13-7-31(54)8-14-34/h4-17,20-24H,18-19,25-27H2,1-3H3. The van der Waals surface area contributed by atoms with Crippen LogP contribution in [0.15, 0.2) is 139 Å². The van der Waals surface area contributed by atoms with Crippen LogP contribution in [-0.4, -0.2) is 61.1 Å². The minimum atomic E-state index is -0.694. The van der Waals surface area contributed by atoms with Gasteiger partial charge in [0.25, 0.3) is 0 Å². The summed E-state index contributed by atoms with van der Waals surface area (Å²) >= 11 is 3.52. The van der Waals surface area contributed by atoms with Gasteiger partial charge in [0.15, 0.2) is 34.5 Å². The van der Waals surface area contributed by atoms with Crippen molar-refractivity contribution < 1.29 is 60.4 Å². The molecule has 0 N–H and O–H groups in total. The van der Waals surface area contributed by atoms with Crippen LogP contribution in [0, 0.1) is 17.5 Å². The van der Waals surface area contributed by atoms with Crippen LogP contribution >= 0.6 is 35.3 Å². The fourth-order valence-corrected chi connectivity index (χ4v) is 9.99. The van der Waals surface area contributed by atoms with Gasteiger partial charge in [-0.05, 0) is 121 Å². The average molecular weight is 1010 g/mol. The molecule has 1 aliphatic heterocycles. The molecule has 0 saturated carbocycles. The summed E-state index contributed by atoms with van der Waals surface area (Å²) in [5, 5.41) is 0.876. The van der Waals surface area contributed by atoms with Crippen LogP contribution in [0.2, 0.25) is 0 Å². The number of aromatic nitrogens is 1. The molecule has 0 bridgehead atoms. The Hall–Kier alpha value is -7.28. The maximum atomic E-state index is 14.4. The molecule has 0 amide bonds. The number of carbonyl (C=O) groups is 3. The maximum absolute atomic E-state index is 14.4. The molecule has 0 aliphatic carbocycles. The zero-order chi connectivity index (χ0) is 49.1. The lowest BCUT2D eigenvalue weighted by atomic mass is 9.91. The van der Waals surface area contributed by atoms with Gasteiger partial charge in [-0.25, -0.2) is 18.0 Å². The number of nitrogens with zero attached hydrogens (tertiary/aromatic N) is 1. The molecule has 2 aromatic heterocycles. The Labute approximate surface area is 410 Å². The lowest BCUT2D eigenvalue weighted by Crippen LogP contribution is -2.16. The number of fused-ring (bicyclic) bond motifs is 7. The first-order chi connectivity index (χ1) is 33.9. The molecule has 0 unspecified atom stereocenters. The molecule has 1 aliphatic rings. The van der Waals surface area contributed by atoms with Gasteiger partial charge < -0.3 is 37.4 Å². The van der Waals surface area contributed by atoms with Crippen molar-refractivity contribution in [2.75, 3.05) is 38.6 Å². The van der Waals surface area contributed by atoms with Crippen molar-refractivity contribution in [2.24, 2.45) is 0 Å². The Kier molecular flexibility index (Phi) is 14.2. The minimum Gasteiger partial charge on any atom is -0.493 e. The van der Waals surface area contributed by atoms with Gasteiger partial charge in [0.2, 0.25) is 0 Å². The van der Waals surface area contributed by atoms with Gasteiger partial charge in [0.1, 0.15) is 28.6 Å². The van der Waals surface area contributed by atoms with E-state index in [0.29, 0.717) is 54.3 Å². The number of benzene rings is 6. The largest absolute Gasteiger partial charge is 0.493 e. The van der Waals surface area contributed by atoms with Crippen molar-refractivity contribution in [3.63, 3.8) is 0 Å². The zero-order valence-corrected chi connectivity index (χ0v) is 39.8. The predicted octanol–water partition coefficient (Wildman–Crippen LogP) is 11.2. The molecule has 8 aromatic rings. The summed E-state index contributed by atoms with van der Waals surface area (Å²) in [6.45, 7) is 0.284. The fraction of sp³-hybridized carbons (Fsp3) is 0.154. The second-order valence-corrected chi connectivity index (χ2v) is 18.6. The molecule has 0 spiro atoms. The lowest BCUT2D eigenvalue weighted by Gasteiger charge is -2.23. The molecule has 356 valence electrons. The number of ether oxygens (including phenoxy) is 6. The topological polar surface area (TPSA) is 142 Å². The van der Waals surface area contributed by atoms with E-state index in [1.807, 2.05) is 4.57 Å². The summed E-state index contributed by atoms with van der Waals surface area (Å²) in [5.74, 6) is -2.38. The third-order valence-corrected chi connectivity index (χ3v) is 14.0. The number of esters is 3. The second kappa shape index (κ2) is 20.8. The Morgan fingerprint density at radius 2 is 1.04 bits per heavy atom. The first kappa shape index (κ1) is 47.8. The first-order valence-corrected chi connectivity index (χ1v) is 24.2. The van der Waals surface area contributed by atoms with E-state index in [0.717, 1.165) is 17.3 Å². The van der Waals surface area contributed by atoms with Crippen LogP contribution in [0.1, 0.15) is 5.56 Å². The van der Waals surface area contributed by atoms with Gasteiger partial charge in [-0.3, -0.25) is 14.4 Å². The summed E-state index contributed by atoms with van der Waals surface area (Å²) in [5.41, 5.74) is 2.66. The van der Waals surface area contributed by atoms with E-state index >= 15 is 0 Å². The average Bonchev–Trinajstić information content (AvgIpc) is 3.72. The monoisotopic (exact) mass is 1010 g/mol. The zero-order valence-electron chi connectivity index (χ0n) is 37.3. The van der Waals surface area contributed by atoms with Gasteiger partial charge in [0.05, 0.1) is 44.3 Å². The highest BCUT2D eigenvalue weighted by Gasteiger charge is 2.32. The highest BCUT2D eigenvalue weighted by molar-refractivity contribution is 8.00. The quantitative estimate of drug-likeness (QED) is 0.0392. The lowest BCUT2D eigenvalue weighted by molar-refractivity contribution is -0.132. The Morgan fingerprint density at radius 1 is 0.571 bits per heavy atom. The molecular formula is C52H38F3NO11S3. The van der Waals surface area contributed by atoms with E-state index in [1.54, 1.807) is 72.8 Å². The second-order valence-electron chi connectivity index (χ2n) is 15.4. The van der Waals surface area contributed by atoms with E-state index in [9.17, 15) is 32.3 Å². The highest BCUT2D eigenvalue weighted by atomic mass is 32.2. The van der Waals surface area contributed by atoms with Crippen molar-refractivity contribution in [1.82, 2.24) is 4.57 Å². The van der Waals surface area contributed by atoms with Crippen LogP contribution in [-0.2, 0) is 27.3 Å². The van der Waals surface area contributed by atoms with Gasteiger partial charge in [0, 0.05) is 49.2 Å². The van der Waals surface area contributed by atoms with Gasteiger partial charge in [-0.1, -0.05) is 6.07 Å². The van der Waals surface area contributed by atoms with Crippen molar-refractivity contribution in [1.29, 1.82) is 0 Å². The predicted molar refractivity (Wildman–Crippen MR) is 260 cm³/mol. The summed E-state index contributed by atoms with van der Waals surface area (Å²) in [4.78, 5) is 55.9. The number of rotatable bonds is 16. The fourth-order valence-electron chi connectivity index (χ4n) is 7.97. The number of hydrogen-bond acceptors (Lipinski definition) is 14. The van der Waals surface area contributed by atoms with Crippen LogP contribution in [0.5, 0.6) is 34.5 Å². The number of aryl methyl sites for hydroxylation is 2. The first-order valence-electron chi connectivity index (χ1n) is 21.3. The summed E-state index contributed by atoms with van der Waals surface area (Å²) in [7, 11) is 4.27. The number of hydrogen-bond donors (Lipinski definition) is 0. The van der Waals surface area contributed by atoms with Gasteiger partial charge in [-0.2, -0.15) is 0 Å². The van der Waals surface area contributed by atoms with Crippen LogP contribution in [0.4, 0.5) is 13.2 Å². The molecule has 18 heteroatoms. The third kappa shape index (κ3) is 10.2. The van der Waals surface area contributed by atoms with Gasteiger partial charge >= 0.3 is 23.5 Å². The Bertz CT molecular complexity index is 3380. The molecule has 0 saturated heterocycles. The Balaban J connectivity index is 1.13. The van der Waals surface area contributed by atoms with Crippen molar-refractivity contribution in [3.05, 3.63) is 149 Å². The van der Waals surface area contributed by atoms with E-state index < -0.39 is 41.0 Å². The third-order valence-electron chi connectivity index (χ3n) is 11.1. The number of methoxy groups -OCH3 is 3. The normalized spacial score (nSPS) is 11.7. The van der Waals surface area contributed by atoms with Crippen LogP contribution in [0.3, 0.4) is 0 Å². The number of halogens is 3. The van der Waals surface area contributed by atoms with Crippen molar-refractivity contribution in [3.8, 4) is 56.9 Å². The SMILES string of the molecule is COc1cc(-c2c3n(c4c(=O)oc5cc(OC(=O)CSc6ccc(F)cc6)c(OC)cc5c24)CCc2cc(OC(=O)CSc4ccc(F)cc4)c(OC)cc2-3)ccc1OC(=O)CSc1ccc(F)cc1. The summed E-state index contributed by atoms with van der Waals surface area (Å²) in [6, 6.07) is 28.6. The number of carbonyl (C=O) groups excluding carboxylic acids is 3. The molecule has 70 heavy (non-hydrogen) atoms. The smallest absolute Gasteiger partial charge is 0.361 e. The van der Waals surface area contributed by atoms with Crippen LogP contribution < -0.4 is 34.0 Å². The molecule has 9 rings (SSSR count). The molecule has 0 fully saturated rings. The number of thioether (sulfide) groups is 3. The minimum absolute atomic E-state index is 0.00798. The van der Waals surface area contributed by atoms with Crippen LogP contribution in [0.25, 0.3) is 44.3 Å². The summed E-state index contributed by atoms with van der Waals surface area (Å²) in [6.07, 6.45) is 0.393. The van der Waals surface area contributed by atoms with Crippen molar-refractivity contribution in [2.45, 2.75) is 27.7 Å². The Morgan fingerprint density at radius 3 is 1.56 bits per heavy atom. The van der Waals surface area contributed by atoms with E-state index in [4.69, 9.17) is 32.8 Å². The molecular weight excluding hydrogens is 968 g/mol. The van der Waals surface area contributed by atoms with E-state index in [2.05, 4.69) is 0 Å². The van der Waals surface area contributed by atoms with E-state index in [1.165, 1.54) is 87.3 Å². The maximum Gasteiger partial charge on any atom is 0.361 e. The molecule has 3 heterocycles. The molecule has 6 aromatic carbocycles. The molecule has 12 nitrogen and oxygen atoms in total.